The standard InChI is InChI=1S/C22H21F3N6O4S/c1-30-16-6-4-3-5-14(16)20(32)31(12-22(23,24)25)17-10-27-21(29-19(17)30)28-15-8-7-13(9-18(15)35-2)11-36(26,33)34/h3-10H,11-12H2,1-2H3,(H2,26,33,34)(H,27,28,29). The number of amides is 1. The number of nitrogens with two attached hydrogens (primary N) is 1. The summed E-state index contributed by atoms with van der Waals surface area (Å²) in [6.07, 6.45) is -3.52. The lowest BCUT2D eigenvalue weighted by atomic mass is 10.1. The Labute approximate surface area is 204 Å². The summed E-state index contributed by atoms with van der Waals surface area (Å²) in [6, 6.07) is 10.8. The molecule has 0 atom stereocenters. The van der Waals surface area contributed by atoms with E-state index in [9.17, 15) is 26.4 Å². The number of para-hydroxylation sites is 1. The lowest BCUT2D eigenvalue weighted by molar-refractivity contribution is -0.118. The Morgan fingerprint density at radius 1 is 1.14 bits per heavy atom. The molecule has 0 unspecified atom stereocenters. The fourth-order valence-electron chi connectivity index (χ4n) is 3.80. The first-order valence-electron chi connectivity index (χ1n) is 10.4. The molecule has 0 aliphatic carbocycles. The summed E-state index contributed by atoms with van der Waals surface area (Å²) >= 11 is 0. The highest BCUT2D eigenvalue weighted by molar-refractivity contribution is 7.88. The van der Waals surface area contributed by atoms with Crippen molar-refractivity contribution in [3.8, 4) is 5.75 Å². The number of methoxy groups -OCH3 is 1. The van der Waals surface area contributed by atoms with Gasteiger partial charge in [-0.3, -0.25) is 9.69 Å². The van der Waals surface area contributed by atoms with Crippen molar-refractivity contribution in [2.45, 2.75) is 11.9 Å². The molecule has 36 heavy (non-hydrogen) atoms. The second-order valence-corrected chi connectivity index (χ2v) is 9.57. The molecule has 3 aromatic rings. The molecule has 0 saturated heterocycles. The molecule has 0 radical (unpaired) electrons. The number of carbonyl (C=O) groups excluding carboxylic acids is 1. The van der Waals surface area contributed by atoms with Crippen LogP contribution in [0.4, 0.5) is 42.0 Å². The molecule has 1 amide bonds. The van der Waals surface area contributed by atoms with Gasteiger partial charge in [0.25, 0.3) is 5.91 Å². The monoisotopic (exact) mass is 522 g/mol. The van der Waals surface area contributed by atoms with Crippen LogP contribution in [0.5, 0.6) is 5.75 Å². The number of hydrogen-bond acceptors (Lipinski definition) is 8. The summed E-state index contributed by atoms with van der Waals surface area (Å²) < 4.78 is 68.2. The van der Waals surface area contributed by atoms with Crippen LogP contribution in [0.1, 0.15) is 15.9 Å². The number of nitrogens with one attached hydrogen (secondary N) is 1. The molecule has 1 aromatic heterocycles. The Morgan fingerprint density at radius 2 is 1.86 bits per heavy atom. The number of primary sulfonamides is 1. The molecule has 0 saturated carbocycles. The number of alkyl halides is 3. The third kappa shape index (κ3) is 5.33. The van der Waals surface area contributed by atoms with Crippen molar-refractivity contribution in [1.82, 2.24) is 9.97 Å². The van der Waals surface area contributed by atoms with E-state index in [1.807, 2.05) is 0 Å². The highest BCUT2D eigenvalue weighted by atomic mass is 32.2. The van der Waals surface area contributed by atoms with E-state index < -0.39 is 34.4 Å². The quantitative estimate of drug-likeness (QED) is 0.504. The van der Waals surface area contributed by atoms with E-state index in [4.69, 9.17) is 9.88 Å². The van der Waals surface area contributed by atoms with Crippen LogP contribution >= 0.6 is 0 Å². The van der Waals surface area contributed by atoms with Crippen LogP contribution in [0.15, 0.2) is 48.7 Å². The molecule has 10 nitrogen and oxygen atoms in total. The molecule has 0 bridgehead atoms. The molecule has 1 aliphatic rings. The predicted molar refractivity (Wildman–Crippen MR) is 127 cm³/mol. The molecule has 0 fully saturated rings. The summed E-state index contributed by atoms with van der Waals surface area (Å²) in [4.78, 5) is 23.7. The van der Waals surface area contributed by atoms with Gasteiger partial charge in [-0.2, -0.15) is 18.2 Å². The maximum Gasteiger partial charge on any atom is 0.406 e. The largest absolute Gasteiger partial charge is 0.495 e. The summed E-state index contributed by atoms with van der Waals surface area (Å²) in [7, 11) is -0.795. The first-order chi connectivity index (χ1) is 16.9. The minimum atomic E-state index is -4.66. The van der Waals surface area contributed by atoms with E-state index in [0.717, 1.165) is 6.20 Å². The van der Waals surface area contributed by atoms with Crippen LogP contribution < -0.4 is 25.0 Å². The third-order valence-corrected chi connectivity index (χ3v) is 6.05. The summed E-state index contributed by atoms with van der Waals surface area (Å²) in [5, 5.41) is 8.02. The van der Waals surface area contributed by atoms with Crippen molar-refractivity contribution < 1.29 is 31.1 Å². The third-order valence-electron chi connectivity index (χ3n) is 5.32. The minimum Gasteiger partial charge on any atom is -0.495 e. The van der Waals surface area contributed by atoms with Gasteiger partial charge in [-0.1, -0.05) is 18.2 Å². The van der Waals surface area contributed by atoms with Crippen LogP contribution in [0.2, 0.25) is 0 Å². The zero-order valence-corrected chi connectivity index (χ0v) is 19.9. The van der Waals surface area contributed by atoms with Crippen molar-refractivity contribution in [3.63, 3.8) is 0 Å². The van der Waals surface area contributed by atoms with Gasteiger partial charge in [-0.25, -0.2) is 18.5 Å². The van der Waals surface area contributed by atoms with Crippen molar-refractivity contribution in [1.29, 1.82) is 0 Å². The van der Waals surface area contributed by atoms with Crippen molar-refractivity contribution in [2.24, 2.45) is 5.14 Å². The Hall–Kier alpha value is -3.91. The fraction of sp³-hybridized carbons (Fsp3) is 0.227. The molecule has 3 N–H and O–H groups in total. The van der Waals surface area contributed by atoms with E-state index in [0.29, 0.717) is 21.8 Å². The Bertz CT molecular complexity index is 1430. The number of hydrogen-bond donors (Lipinski definition) is 2. The topological polar surface area (TPSA) is 131 Å². The molecular weight excluding hydrogens is 501 g/mol. The predicted octanol–water partition coefficient (Wildman–Crippen LogP) is 3.31. The van der Waals surface area contributed by atoms with E-state index >= 15 is 0 Å². The number of halogens is 3. The van der Waals surface area contributed by atoms with Crippen LogP contribution in [-0.2, 0) is 15.8 Å². The number of rotatable bonds is 6. The average molecular weight is 523 g/mol. The van der Waals surface area contributed by atoms with Gasteiger partial charge in [-0.05, 0) is 29.8 Å². The second kappa shape index (κ2) is 9.28. The molecule has 190 valence electrons. The summed E-state index contributed by atoms with van der Waals surface area (Å²) in [6.45, 7) is -1.52. The van der Waals surface area contributed by atoms with E-state index in [1.54, 1.807) is 25.2 Å². The van der Waals surface area contributed by atoms with Gasteiger partial charge in [0.1, 0.15) is 18.0 Å². The number of aromatic nitrogens is 2. The van der Waals surface area contributed by atoms with Gasteiger partial charge in [0.2, 0.25) is 16.0 Å². The number of carbonyl (C=O) groups is 1. The van der Waals surface area contributed by atoms with Gasteiger partial charge in [0.05, 0.1) is 36.0 Å². The van der Waals surface area contributed by atoms with Gasteiger partial charge in [0, 0.05) is 7.05 Å². The van der Waals surface area contributed by atoms with Gasteiger partial charge >= 0.3 is 6.18 Å². The van der Waals surface area contributed by atoms with Crippen molar-refractivity contribution in [3.05, 3.63) is 59.8 Å². The SMILES string of the molecule is COc1cc(CS(N)(=O)=O)ccc1Nc1ncc2c(n1)N(C)c1ccccc1C(=O)N2CC(F)(F)F. The first kappa shape index (κ1) is 25.2. The smallest absolute Gasteiger partial charge is 0.406 e. The van der Waals surface area contributed by atoms with Gasteiger partial charge in [-0.15, -0.1) is 0 Å². The van der Waals surface area contributed by atoms with Gasteiger partial charge < -0.3 is 15.0 Å². The van der Waals surface area contributed by atoms with Crippen LogP contribution in [0, 0.1) is 0 Å². The lowest BCUT2D eigenvalue weighted by Gasteiger charge is -2.24. The number of nitrogens with zero attached hydrogens (tertiary/aromatic N) is 4. The normalized spacial score (nSPS) is 13.7. The molecule has 1 aliphatic heterocycles. The Balaban J connectivity index is 1.76. The lowest BCUT2D eigenvalue weighted by Crippen LogP contribution is -2.39. The molecule has 2 aromatic carbocycles. The van der Waals surface area contributed by atoms with Crippen molar-refractivity contribution >= 4 is 44.8 Å². The average Bonchev–Trinajstić information content (AvgIpc) is 2.88. The van der Waals surface area contributed by atoms with E-state index in [2.05, 4.69) is 15.3 Å². The van der Waals surface area contributed by atoms with Crippen LogP contribution in [0.3, 0.4) is 0 Å². The second-order valence-electron chi connectivity index (χ2n) is 7.95. The van der Waals surface area contributed by atoms with Crippen LogP contribution in [-0.4, -0.2) is 51.2 Å². The maximum atomic E-state index is 13.4. The summed E-state index contributed by atoms with van der Waals surface area (Å²) in [5.41, 5.74) is 1.11. The Kier molecular flexibility index (Phi) is 6.49. The molecule has 14 heteroatoms. The van der Waals surface area contributed by atoms with E-state index in [1.165, 1.54) is 36.3 Å². The van der Waals surface area contributed by atoms with Crippen LogP contribution in [0.25, 0.3) is 0 Å². The van der Waals surface area contributed by atoms with E-state index in [-0.39, 0.29) is 28.8 Å². The minimum absolute atomic E-state index is 0.0110. The van der Waals surface area contributed by atoms with Gasteiger partial charge in [0.15, 0.2) is 5.82 Å². The fourth-order valence-corrected chi connectivity index (χ4v) is 4.44. The number of fused-ring (bicyclic) bond motifs is 2. The zero-order chi connectivity index (χ0) is 26.3. The zero-order valence-electron chi connectivity index (χ0n) is 19.1. The number of sulfonamides is 1. The number of benzene rings is 2. The Morgan fingerprint density at radius 3 is 2.53 bits per heavy atom. The molecular formula is C22H21F3N6O4S. The van der Waals surface area contributed by atoms with Crippen molar-refractivity contribution in [2.75, 3.05) is 35.8 Å². The number of anilines is 5. The number of ether oxygens (including phenoxy) is 1. The molecule has 4 rings (SSSR count). The molecule has 0 spiro atoms. The molecule has 2 heterocycles. The highest BCUT2D eigenvalue weighted by Crippen LogP contribution is 2.40. The first-order valence-corrected chi connectivity index (χ1v) is 12.1. The maximum absolute atomic E-state index is 13.4. The summed E-state index contributed by atoms with van der Waals surface area (Å²) in [5.74, 6) is -0.879. The highest BCUT2D eigenvalue weighted by Gasteiger charge is 2.39.